The summed E-state index contributed by atoms with van der Waals surface area (Å²) in [5.74, 6) is 1.73. The molecule has 0 aromatic carbocycles. The maximum absolute atomic E-state index is 13.5. The van der Waals surface area contributed by atoms with Gasteiger partial charge < -0.3 is 14.5 Å². The Labute approximate surface area is 167 Å². The molecular weight excluding hydrogens is 354 g/mol. The maximum atomic E-state index is 13.5. The van der Waals surface area contributed by atoms with Crippen LogP contribution in [0.1, 0.15) is 58.1 Å². The van der Waals surface area contributed by atoms with Crippen LogP contribution >= 0.6 is 0 Å². The molecule has 0 unspecified atom stereocenters. The number of amides is 2. The van der Waals surface area contributed by atoms with Crippen molar-refractivity contribution in [2.24, 2.45) is 17.8 Å². The first-order valence-electron chi connectivity index (χ1n) is 10.5. The number of pyridine rings is 1. The number of hydrogen-bond donors (Lipinski definition) is 0. The zero-order chi connectivity index (χ0) is 19.9. The summed E-state index contributed by atoms with van der Waals surface area (Å²) >= 11 is 0. The predicted octanol–water partition coefficient (Wildman–Crippen LogP) is 3.64. The molecule has 1 aliphatic heterocycles. The molecule has 2 amide bonds. The SMILES string of the molecule is CC(C)(C)OC(=O)N1CCN(C(=O)[C@H]2C[C@H]3CC[C@H]2C3)[C@@H](c2ccncc2)C1. The number of carbonyl (C=O) groups excluding carboxylic acids is 2. The van der Waals surface area contributed by atoms with Crippen LogP contribution in [-0.2, 0) is 9.53 Å². The maximum Gasteiger partial charge on any atom is 0.410 e. The highest BCUT2D eigenvalue weighted by Gasteiger charge is 2.46. The number of fused-ring (bicyclic) bond motifs is 2. The summed E-state index contributed by atoms with van der Waals surface area (Å²) in [6, 6.07) is 3.75. The Balaban J connectivity index is 1.53. The number of aromatic nitrogens is 1. The number of nitrogens with zero attached hydrogens (tertiary/aromatic N) is 3. The van der Waals surface area contributed by atoms with Crippen molar-refractivity contribution in [1.82, 2.24) is 14.8 Å². The van der Waals surface area contributed by atoms with Gasteiger partial charge in [0.15, 0.2) is 0 Å². The van der Waals surface area contributed by atoms with E-state index in [1.54, 1.807) is 17.3 Å². The molecular formula is C22H31N3O3. The molecule has 0 radical (unpaired) electrons. The van der Waals surface area contributed by atoms with Gasteiger partial charge in [0.25, 0.3) is 0 Å². The Morgan fingerprint density at radius 1 is 1.11 bits per heavy atom. The number of rotatable bonds is 2. The van der Waals surface area contributed by atoms with Crippen molar-refractivity contribution >= 4 is 12.0 Å². The van der Waals surface area contributed by atoms with Crippen LogP contribution in [0.4, 0.5) is 4.79 Å². The highest BCUT2D eigenvalue weighted by Crippen LogP contribution is 2.49. The topological polar surface area (TPSA) is 62.7 Å². The summed E-state index contributed by atoms with van der Waals surface area (Å²) in [7, 11) is 0. The van der Waals surface area contributed by atoms with Crippen LogP contribution in [0.5, 0.6) is 0 Å². The van der Waals surface area contributed by atoms with E-state index in [0.29, 0.717) is 25.6 Å². The first-order valence-corrected chi connectivity index (χ1v) is 10.5. The summed E-state index contributed by atoms with van der Waals surface area (Å²) in [5.41, 5.74) is 0.499. The van der Waals surface area contributed by atoms with Crippen molar-refractivity contribution in [3.8, 4) is 0 Å². The zero-order valence-corrected chi connectivity index (χ0v) is 17.1. The molecule has 3 aliphatic rings. The molecule has 6 nitrogen and oxygen atoms in total. The molecule has 4 atom stereocenters. The monoisotopic (exact) mass is 385 g/mol. The predicted molar refractivity (Wildman–Crippen MR) is 105 cm³/mol. The lowest BCUT2D eigenvalue weighted by Crippen LogP contribution is -2.54. The quantitative estimate of drug-likeness (QED) is 0.780. The van der Waals surface area contributed by atoms with Crippen molar-refractivity contribution in [2.45, 2.75) is 58.1 Å². The molecule has 4 rings (SSSR count). The minimum absolute atomic E-state index is 0.143. The van der Waals surface area contributed by atoms with Gasteiger partial charge in [-0.1, -0.05) is 6.42 Å². The lowest BCUT2D eigenvalue weighted by Gasteiger charge is -2.43. The van der Waals surface area contributed by atoms with E-state index in [1.807, 2.05) is 37.8 Å². The van der Waals surface area contributed by atoms with Gasteiger partial charge in [0.1, 0.15) is 5.60 Å². The number of carbonyl (C=O) groups is 2. The molecule has 6 heteroatoms. The van der Waals surface area contributed by atoms with E-state index in [9.17, 15) is 9.59 Å². The lowest BCUT2D eigenvalue weighted by molar-refractivity contribution is -0.142. The second-order valence-corrected chi connectivity index (χ2v) is 9.54. The average Bonchev–Trinajstić information content (AvgIpc) is 3.30. The van der Waals surface area contributed by atoms with E-state index < -0.39 is 5.60 Å². The fraction of sp³-hybridized carbons (Fsp3) is 0.682. The van der Waals surface area contributed by atoms with Crippen LogP contribution in [0.3, 0.4) is 0 Å². The molecule has 2 heterocycles. The van der Waals surface area contributed by atoms with Crippen molar-refractivity contribution < 1.29 is 14.3 Å². The van der Waals surface area contributed by atoms with Crippen molar-refractivity contribution in [3.63, 3.8) is 0 Å². The normalized spacial score (nSPS) is 29.8. The van der Waals surface area contributed by atoms with Crippen LogP contribution in [0.2, 0.25) is 0 Å². The Kier molecular flexibility index (Phi) is 5.06. The van der Waals surface area contributed by atoms with Gasteiger partial charge in [0.2, 0.25) is 5.91 Å². The van der Waals surface area contributed by atoms with Crippen molar-refractivity contribution in [2.75, 3.05) is 19.6 Å². The third-order valence-electron chi connectivity index (χ3n) is 6.46. The van der Waals surface area contributed by atoms with Crippen molar-refractivity contribution in [1.29, 1.82) is 0 Å². The van der Waals surface area contributed by atoms with Crippen molar-refractivity contribution in [3.05, 3.63) is 30.1 Å². The minimum atomic E-state index is -0.528. The first-order chi connectivity index (χ1) is 13.3. The van der Waals surface area contributed by atoms with E-state index in [0.717, 1.165) is 17.9 Å². The van der Waals surface area contributed by atoms with Crippen LogP contribution in [0.15, 0.2) is 24.5 Å². The Morgan fingerprint density at radius 2 is 1.86 bits per heavy atom. The van der Waals surface area contributed by atoms with Gasteiger partial charge in [-0.3, -0.25) is 9.78 Å². The van der Waals surface area contributed by atoms with Crippen LogP contribution in [-0.4, -0.2) is 52.0 Å². The van der Waals surface area contributed by atoms with E-state index in [-0.39, 0.29) is 24.0 Å². The summed E-state index contributed by atoms with van der Waals surface area (Å²) in [4.78, 5) is 33.9. The zero-order valence-electron chi connectivity index (χ0n) is 17.1. The van der Waals surface area contributed by atoms with Crippen LogP contribution in [0, 0.1) is 17.8 Å². The lowest BCUT2D eigenvalue weighted by atomic mass is 9.87. The fourth-order valence-corrected chi connectivity index (χ4v) is 5.17. The van der Waals surface area contributed by atoms with Crippen LogP contribution < -0.4 is 0 Å². The Morgan fingerprint density at radius 3 is 2.46 bits per heavy atom. The number of piperazine rings is 1. The molecule has 152 valence electrons. The Bertz CT molecular complexity index is 730. The molecule has 3 fully saturated rings. The second kappa shape index (κ2) is 7.37. The van der Waals surface area contributed by atoms with E-state index in [1.165, 1.54) is 19.3 Å². The molecule has 1 saturated heterocycles. The van der Waals surface area contributed by atoms with E-state index in [4.69, 9.17) is 4.74 Å². The first kappa shape index (κ1) is 19.2. The largest absolute Gasteiger partial charge is 0.444 e. The van der Waals surface area contributed by atoms with Gasteiger partial charge in [-0.25, -0.2) is 4.79 Å². The summed E-state index contributed by atoms with van der Waals surface area (Å²) in [6.45, 7) is 7.16. The van der Waals surface area contributed by atoms with E-state index in [2.05, 4.69) is 4.98 Å². The van der Waals surface area contributed by atoms with Gasteiger partial charge >= 0.3 is 6.09 Å². The molecule has 1 aromatic rings. The Hall–Kier alpha value is -2.11. The summed E-state index contributed by atoms with van der Waals surface area (Å²) < 4.78 is 5.57. The molecule has 1 aromatic heterocycles. The van der Waals surface area contributed by atoms with Crippen LogP contribution in [0.25, 0.3) is 0 Å². The standard InChI is InChI=1S/C22H31N3O3/c1-22(2,3)28-21(27)24-10-11-25(19(14-24)16-6-8-23-9-7-16)20(26)18-13-15-4-5-17(18)12-15/h6-9,15,17-19H,4-5,10-14H2,1-3H3/t15-,17-,18-,19+/m0/s1. The van der Waals surface area contributed by atoms with E-state index >= 15 is 0 Å². The second-order valence-electron chi connectivity index (χ2n) is 9.54. The molecule has 2 saturated carbocycles. The molecule has 2 aliphatic carbocycles. The average molecular weight is 386 g/mol. The summed E-state index contributed by atoms with van der Waals surface area (Å²) in [6.07, 6.45) is 7.93. The van der Waals surface area contributed by atoms with Gasteiger partial charge in [-0.15, -0.1) is 0 Å². The third-order valence-corrected chi connectivity index (χ3v) is 6.46. The molecule has 0 spiro atoms. The third kappa shape index (κ3) is 3.87. The van der Waals surface area contributed by atoms with Gasteiger partial charge in [-0.2, -0.15) is 0 Å². The smallest absolute Gasteiger partial charge is 0.410 e. The van der Waals surface area contributed by atoms with Gasteiger partial charge in [0.05, 0.1) is 6.04 Å². The molecule has 0 N–H and O–H groups in total. The fourth-order valence-electron chi connectivity index (χ4n) is 5.17. The number of ether oxygens (including phenoxy) is 1. The highest BCUT2D eigenvalue weighted by atomic mass is 16.6. The molecule has 2 bridgehead atoms. The highest BCUT2D eigenvalue weighted by molar-refractivity contribution is 5.81. The van der Waals surface area contributed by atoms with Gasteiger partial charge in [0, 0.05) is 37.9 Å². The minimum Gasteiger partial charge on any atom is -0.444 e. The molecule has 28 heavy (non-hydrogen) atoms. The number of hydrogen-bond acceptors (Lipinski definition) is 4. The van der Waals surface area contributed by atoms with Gasteiger partial charge in [-0.05, 0) is 69.6 Å². The summed E-state index contributed by atoms with van der Waals surface area (Å²) in [5, 5.41) is 0.